The summed E-state index contributed by atoms with van der Waals surface area (Å²) < 4.78 is 5.81. The van der Waals surface area contributed by atoms with Crippen LogP contribution in [0.5, 0.6) is 5.75 Å². The van der Waals surface area contributed by atoms with Crippen LogP contribution in [0, 0.1) is 21.6 Å². The Morgan fingerprint density at radius 2 is 2.26 bits per heavy atom. The van der Waals surface area contributed by atoms with Gasteiger partial charge in [0.05, 0.1) is 11.0 Å². The Morgan fingerprint density at radius 1 is 1.48 bits per heavy atom. The highest BCUT2D eigenvalue weighted by Crippen LogP contribution is 2.41. The number of nitrogens with zero attached hydrogens (tertiary/aromatic N) is 4. The number of hydrogen-bond donors (Lipinski definition) is 2. The lowest BCUT2D eigenvalue weighted by molar-refractivity contribution is -0.385. The number of hydrogen-bond acceptors (Lipinski definition) is 7. The van der Waals surface area contributed by atoms with E-state index in [0.717, 1.165) is 0 Å². The average molecular weight is 367 g/mol. The summed E-state index contributed by atoms with van der Waals surface area (Å²) in [5, 5.41) is 34.1. The molecule has 0 bridgehead atoms. The van der Waals surface area contributed by atoms with Crippen LogP contribution in [0.15, 0.2) is 47.7 Å². The van der Waals surface area contributed by atoms with E-state index in [2.05, 4.69) is 15.3 Å². The first kappa shape index (κ1) is 18.3. The van der Waals surface area contributed by atoms with Crippen LogP contribution < -0.4 is 10.1 Å². The summed E-state index contributed by atoms with van der Waals surface area (Å²) in [6, 6.07) is 6.80. The third kappa shape index (κ3) is 3.56. The van der Waals surface area contributed by atoms with Crippen LogP contribution in [0.1, 0.15) is 31.0 Å². The molecule has 0 amide bonds. The van der Waals surface area contributed by atoms with Gasteiger partial charge in [-0.05, 0) is 32.0 Å². The van der Waals surface area contributed by atoms with Gasteiger partial charge >= 0.3 is 0 Å². The molecule has 27 heavy (non-hydrogen) atoms. The van der Waals surface area contributed by atoms with Crippen molar-refractivity contribution < 1.29 is 14.8 Å². The summed E-state index contributed by atoms with van der Waals surface area (Å²) in [6.07, 6.45) is 3.76. The highest BCUT2D eigenvalue weighted by molar-refractivity contribution is 5.99. The summed E-state index contributed by atoms with van der Waals surface area (Å²) in [5.41, 5.74) is -0.141. The predicted molar refractivity (Wildman–Crippen MR) is 96.1 cm³/mol. The number of aliphatic imine (C=N–C) groups is 1. The molecule has 0 fully saturated rings. The minimum absolute atomic E-state index is 0.129. The Kier molecular flexibility index (Phi) is 4.75. The average Bonchev–Trinajstić information content (AvgIpc) is 2.64. The maximum atomic E-state index is 11.2. The quantitative estimate of drug-likeness (QED) is 0.279. The molecule has 0 unspecified atom stereocenters. The SMILES string of the molecule is CC1(C)Oc2ccc([N+](=O)[O-])cc2[C@@H](NC(=NC#N)c2cccnc2)[C@@H]1O. The molecule has 2 aromatic rings. The number of aliphatic hydroxyl groups excluding tert-OH is 1. The minimum atomic E-state index is -1.06. The van der Waals surface area contributed by atoms with E-state index in [1.807, 2.05) is 0 Å². The van der Waals surface area contributed by atoms with Gasteiger partial charge in [0, 0.05) is 35.7 Å². The molecular formula is C18H17N5O4. The molecule has 138 valence electrons. The van der Waals surface area contributed by atoms with Crippen LogP contribution in [0.25, 0.3) is 0 Å². The number of nitro benzene ring substituents is 1. The molecule has 2 N–H and O–H groups in total. The van der Waals surface area contributed by atoms with Gasteiger partial charge in [0.1, 0.15) is 23.3 Å². The lowest BCUT2D eigenvalue weighted by Crippen LogP contribution is -2.53. The summed E-state index contributed by atoms with van der Waals surface area (Å²) in [4.78, 5) is 18.4. The molecule has 0 spiro atoms. The van der Waals surface area contributed by atoms with Gasteiger partial charge in [-0.1, -0.05) is 0 Å². The van der Waals surface area contributed by atoms with Gasteiger partial charge < -0.3 is 15.2 Å². The smallest absolute Gasteiger partial charge is 0.270 e. The fraction of sp³-hybridized carbons (Fsp3) is 0.278. The maximum absolute atomic E-state index is 11.2. The number of aliphatic hydroxyl groups is 1. The van der Waals surface area contributed by atoms with Gasteiger partial charge in [-0.2, -0.15) is 10.3 Å². The van der Waals surface area contributed by atoms with Crippen molar-refractivity contribution in [3.8, 4) is 11.9 Å². The molecule has 3 rings (SSSR count). The number of fused-ring (bicyclic) bond motifs is 1. The van der Waals surface area contributed by atoms with Crippen molar-refractivity contribution in [2.24, 2.45) is 4.99 Å². The number of nitrogens with one attached hydrogen (secondary N) is 1. The van der Waals surface area contributed by atoms with Crippen molar-refractivity contribution >= 4 is 11.5 Å². The van der Waals surface area contributed by atoms with Crippen molar-refractivity contribution in [2.75, 3.05) is 0 Å². The molecule has 0 saturated heterocycles. The third-order valence-corrected chi connectivity index (χ3v) is 4.33. The second-order valence-corrected chi connectivity index (χ2v) is 6.55. The Hall–Kier alpha value is -3.51. The monoisotopic (exact) mass is 367 g/mol. The Morgan fingerprint density at radius 3 is 2.89 bits per heavy atom. The topological polar surface area (TPSA) is 134 Å². The van der Waals surface area contributed by atoms with Crippen LogP contribution in [-0.2, 0) is 0 Å². The summed E-state index contributed by atoms with van der Waals surface area (Å²) in [5.74, 6) is 0.612. The molecule has 0 aliphatic carbocycles. The van der Waals surface area contributed by atoms with E-state index >= 15 is 0 Å². The van der Waals surface area contributed by atoms with Crippen LogP contribution in [0.4, 0.5) is 5.69 Å². The summed E-state index contributed by atoms with van der Waals surface area (Å²) >= 11 is 0. The standard InChI is InChI=1S/C18H17N5O4/c1-18(2)16(24)15(13-8-12(23(25)26)5-6-14(13)27-18)22-17(21-10-19)11-4-3-7-20-9-11/h3-9,15-16,24H,1-2H3,(H,21,22)/t15-,16+/m1/s1. The van der Waals surface area contributed by atoms with Gasteiger partial charge in [-0.25, -0.2) is 0 Å². The Bertz CT molecular complexity index is 937. The summed E-state index contributed by atoms with van der Waals surface area (Å²) in [6.45, 7) is 3.42. The number of ether oxygens (including phenoxy) is 1. The first-order valence-corrected chi connectivity index (χ1v) is 8.12. The lowest BCUT2D eigenvalue weighted by Gasteiger charge is -2.42. The molecule has 2 heterocycles. The fourth-order valence-electron chi connectivity index (χ4n) is 2.94. The molecule has 0 saturated carbocycles. The van der Waals surface area contributed by atoms with Crippen molar-refractivity contribution in [1.82, 2.24) is 10.3 Å². The van der Waals surface area contributed by atoms with E-state index in [0.29, 0.717) is 16.9 Å². The highest BCUT2D eigenvalue weighted by Gasteiger charge is 2.44. The van der Waals surface area contributed by atoms with E-state index in [-0.39, 0.29) is 11.5 Å². The van der Waals surface area contributed by atoms with Gasteiger partial charge in [0.15, 0.2) is 0 Å². The van der Waals surface area contributed by atoms with Crippen LogP contribution in [0.3, 0.4) is 0 Å². The maximum Gasteiger partial charge on any atom is 0.270 e. The number of non-ortho nitro benzene ring substituents is 1. The zero-order valence-electron chi connectivity index (χ0n) is 14.7. The Labute approximate surface area is 155 Å². The number of pyridine rings is 1. The Balaban J connectivity index is 2.07. The predicted octanol–water partition coefficient (Wildman–Crippen LogP) is 2.08. The van der Waals surface area contributed by atoms with Gasteiger partial charge in [0.2, 0.25) is 6.19 Å². The van der Waals surface area contributed by atoms with Gasteiger partial charge in [0.25, 0.3) is 5.69 Å². The van der Waals surface area contributed by atoms with E-state index in [9.17, 15) is 15.2 Å². The molecule has 1 aliphatic heterocycles. The lowest BCUT2D eigenvalue weighted by atomic mass is 9.86. The largest absolute Gasteiger partial charge is 0.485 e. The molecule has 1 aromatic carbocycles. The number of benzene rings is 1. The second-order valence-electron chi connectivity index (χ2n) is 6.55. The first-order valence-electron chi connectivity index (χ1n) is 8.12. The van der Waals surface area contributed by atoms with Crippen LogP contribution in [0.2, 0.25) is 0 Å². The fourth-order valence-corrected chi connectivity index (χ4v) is 2.94. The van der Waals surface area contributed by atoms with Crippen LogP contribution in [-0.4, -0.2) is 32.6 Å². The van der Waals surface area contributed by atoms with E-state index in [1.165, 1.54) is 24.4 Å². The zero-order chi connectivity index (χ0) is 19.6. The molecule has 9 nitrogen and oxygen atoms in total. The molecule has 0 radical (unpaired) electrons. The van der Waals surface area contributed by atoms with Crippen molar-refractivity contribution in [3.63, 3.8) is 0 Å². The van der Waals surface area contributed by atoms with Crippen molar-refractivity contribution in [2.45, 2.75) is 31.6 Å². The van der Waals surface area contributed by atoms with Crippen LogP contribution >= 0.6 is 0 Å². The number of nitriles is 1. The molecule has 2 atom stereocenters. The van der Waals surface area contributed by atoms with E-state index in [4.69, 9.17) is 10.00 Å². The van der Waals surface area contributed by atoms with Gasteiger partial charge in [-0.3, -0.25) is 15.1 Å². The second kappa shape index (κ2) is 7.01. The summed E-state index contributed by atoms with van der Waals surface area (Å²) in [7, 11) is 0. The zero-order valence-corrected chi connectivity index (χ0v) is 14.7. The highest BCUT2D eigenvalue weighted by atomic mass is 16.6. The number of rotatable bonds is 3. The van der Waals surface area contributed by atoms with Crippen molar-refractivity contribution in [3.05, 3.63) is 64.0 Å². The van der Waals surface area contributed by atoms with Gasteiger partial charge in [-0.15, -0.1) is 0 Å². The molecular weight excluding hydrogens is 350 g/mol. The van der Waals surface area contributed by atoms with E-state index in [1.54, 1.807) is 38.4 Å². The first-order chi connectivity index (χ1) is 12.8. The normalized spacial score (nSPS) is 20.7. The molecule has 1 aromatic heterocycles. The number of nitro groups is 1. The molecule has 9 heteroatoms. The minimum Gasteiger partial charge on any atom is -0.485 e. The molecule has 1 aliphatic rings. The third-order valence-electron chi connectivity index (χ3n) is 4.33. The number of aromatic nitrogens is 1. The number of amidine groups is 1. The van der Waals surface area contributed by atoms with Crippen molar-refractivity contribution in [1.29, 1.82) is 5.26 Å². The van der Waals surface area contributed by atoms with E-state index < -0.39 is 22.7 Å².